The van der Waals surface area contributed by atoms with Crippen molar-refractivity contribution >= 4 is 12.1 Å². The molecule has 0 unspecified atom stereocenters. The van der Waals surface area contributed by atoms with Crippen molar-refractivity contribution in [2.75, 3.05) is 0 Å². The molecule has 1 atom stereocenters. The molecule has 26 heavy (non-hydrogen) atoms. The van der Waals surface area contributed by atoms with Gasteiger partial charge in [0.05, 0.1) is 6.10 Å². The van der Waals surface area contributed by atoms with Gasteiger partial charge in [-0.15, -0.1) is 0 Å². The van der Waals surface area contributed by atoms with Gasteiger partial charge in [0.25, 0.3) is 0 Å². The number of nitrogens with one attached hydrogen (secondary N) is 1. The maximum atomic E-state index is 12.3. The number of rotatable bonds is 7. The molecule has 2 aromatic carbocycles. The highest BCUT2D eigenvalue weighted by Gasteiger charge is 2.24. The lowest BCUT2D eigenvalue weighted by atomic mass is 10.1. The van der Waals surface area contributed by atoms with Crippen LogP contribution in [0.2, 0.25) is 0 Å². The quantitative estimate of drug-likeness (QED) is 0.744. The van der Waals surface area contributed by atoms with Gasteiger partial charge < -0.3 is 19.9 Å². The summed E-state index contributed by atoms with van der Waals surface area (Å²) < 4.78 is 10.4. The van der Waals surface area contributed by atoms with Crippen LogP contribution in [0.25, 0.3) is 0 Å². The van der Waals surface area contributed by atoms with Gasteiger partial charge in [-0.2, -0.15) is 0 Å². The molecular weight excluding hydrogens is 334 g/mol. The lowest BCUT2D eigenvalue weighted by molar-refractivity contribution is -0.149. The molecule has 0 radical (unpaired) electrons. The van der Waals surface area contributed by atoms with Crippen molar-refractivity contribution in [3.63, 3.8) is 0 Å². The molecule has 2 N–H and O–H groups in total. The Morgan fingerprint density at radius 3 is 2.27 bits per heavy atom. The number of amides is 1. The van der Waals surface area contributed by atoms with E-state index < -0.39 is 18.1 Å². The largest absolute Gasteiger partial charge is 0.508 e. The summed E-state index contributed by atoms with van der Waals surface area (Å²) in [6.07, 6.45) is -0.767. The molecule has 0 aliphatic heterocycles. The summed E-state index contributed by atoms with van der Waals surface area (Å²) in [5.41, 5.74) is 1.62. The molecule has 0 aromatic heterocycles. The number of phenols is 1. The summed E-state index contributed by atoms with van der Waals surface area (Å²) in [7, 11) is 0. The monoisotopic (exact) mass is 357 g/mol. The van der Waals surface area contributed by atoms with Crippen LogP contribution in [0.1, 0.15) is 25.0 Å². The zero-order chi connectivity index (χ0) is 18.9. The summed E-state index contributed by atoms with van der Waals surface area (Å²) in [6, 6.07) is 14.8. The molecule has 0 spiro atoms. The van der Waals surface area contributed by atoms with Gasteiger partial charge in [-0.3, -0.25) is 0 Å². The summed E-state index contributed by atoms with van der Waals surface area (Å²) in [5, 5.41) is 11.9. The average molecular weight is 357 g/mol. The minimum Gasteiger partial charge on any atom is -0.508 e. The Kier molecular flexibility index (Phi) is 7.02. The first kappa shape index (κ1) is 19.3. The smallest absolute Gasteiger partial charge is 0.408 e. The SMILES string of the molecule is CC(C)OC(=O)[C@H](Cc1ccc(O)cc1)NC(=O)OCc1ccccc1. The van der Waals surface area contributed by atoms with Gasteiger partial charge in [0, 0.05) is 6.42 Å². The number of carbonyl (C=O) groups excluding carboxylic acids is 2. The van der Waals surface area contributed by atoms with Gasteiger partial charge in [-0.05, 0) is 37.1 Å². The van der Waals surface area contributed by atoms with Gasteiger partial charge in [0.15, 0.2) is 0 Å². The summed E-state index contributed by atoms with van der Waals surface area (Å²) in [5.74, 6) is -0.407. The van der Waals surface area contributed by atoms with E-state index in [1.807, 2.05) is 30.3 Å². The Morgan fingerprint density at radius 2 is 1.65 bits per heavy atom. The van der Waals surface area contributed by atoms with Crippen LogP contribution in [-0.2, 0) is 27.3 Å². The number of aromatic hydroxyl groups is 1. The van der Waals surface area contributed by atoms with Crippen molar-refractivity contribution in [3.8, 4) is 5.75 Å². The zero-order valence-electron chi connectivity index (χ0n) is 14.8. The molecular formula is C20H23NO5. The van der Waals surface area contributed by atoms with Crippen LogP contribution in [0.15, 0.2) is 54.6 Å². The van der Waals surface area contributed by atoms with E-state index in [2.05, 4.69) is 5.32 Å². The standard InChI is InChI=1S/C20H23NO5/c1-14(2)26-19(23)18(12-15-8-10-17(22)11-9-15)21-20(24)25-13-16-6-4-3-5-7-16/h3-11,14,18,22H,12-13H2,1-2H3,(H,21,24)/t18-/m0/s1. The van der Waals surface area contributed by atoms with Gasteiger partial charge in [-0.1, -0.05) is 42.5 Å². The van der Waals surface area contributed by atoms with Crippen LogP contribution in [0.5, 0.6) is 5.75 Å². The third kappa shape index (κ3) is 6.47. The van der Waals surface area contributed by atoms with Gasteiger partial charge in [0.1, 0.15) is 18.4 Å². The maximum absolute atomic E-state index is 12.3. The normalized spacial score (nSPS) is 11.7. The Balaban J connectivity index is 1.99. The van der Waals surface area contributed by atoms with E-state index in [-0.39, 0.29) is 24.9 Å². The van der Waals surface area contributed by atoms with Gasteiger partial charge >= 0.3 is 12.1 Å². The summed E-state index contributed by atoms with van der Waals surface area (Å²) in [6.45, 7) is 3.59. The Hall–Kier alpha value is -3.02. The second kappa shape index (κ2) is 9.46. The van der Waals surface area contributed by atoms with Crippen LogP contribution in [-0.4, -0.2) is 29.3 Å². The zero-order valence-corrected chi connectivity index (χ0v) is 14.8. The van der Waals surface area contributed by atoms with Crippen molar-refractivity contribution in [3.05, 3.63) is 65.7 Å². The molecule has 0 aliphatic rings. The topological polar surface area (TPSA) is 84.9 Å². The third-order valence-corrected chi connectivity index (χ3v) is 3.52. The molecule has 0 fully saturated rings. The lowest BCUT2D eigenvalue weighted by Crippen LogP contribution is -2.44. The highest BCUT2D eigenvalue weighted by atomic mass is 16.6. The molecule has 0 saturated carbocycles. The molecule has 0 bridgehead atoms. The number of phenolic OH excluding ortho intramolecular Hbond substituents is 1. The highest BCUT2D eigenvalue weighted by Crippen LogP contribution is 2.12. The van der Waals surface area contributed by atoms with Crippen LogP contribution in [0.3, 0.4) is 0 Å². The molecule has 6 nitrogen and oxygen atoms in total. The maximum Gasteiger partial charge on any atom is 0.408 e. The van der Waals surface area contributed by atoms with Crippen LogP contribution in [0.4, 0.5) is 4.79 Å². The molecule has 0 heterocycles. The number of ether oxygens (including phenoxy) is 2. The van der Waals surface area contributed by atoms with Crippen molar-refractivity contribution in [1.82, 2.24) is 5.32 Å². The van der Waals surface area contributed by atoms with Crippen molar-refractivity contribution in [2.45, 2.75) is 39.0 Å². The number of hydrogen-bond donors (Lipinski definition) is 2. The van der Waals surface area contributed by atoms with E-state index in [0.29, 0.717) is 0 Å². The van der Waals surface area contributed by atoms with Crippen LogP contribution >= 0.6 is 0 Å². The second-order valence-electron chi connectivity index (χ2n) is 6.11. The number of hydrogen-bond acceptors (Lipinski definition) is 5. The highest BCUT2D eigenvalue weighted by molar-refractivity contribution is 5.81. The minimum absolute atomic E-state index is 0.109. The van der Waals surface area contributed by atoms with E-state index in [9.17, 15) is 14.7 Å². The molecule has 0 saturated heterocycles. The minimum atomic E-state index is -0.884. The Bertz CT molecular complexity index is 713. The summed E-state index contributed by atoms with van der Waals surface area (Å²) in [4.78, 5) is 24.4. The fourth-order valence-corrected chi connectivity index (χ4v) is 2.28. The molecule has 138 valence electrons. The predicted octanol–water partition coefficient (Wildman–Crippen LogP) is 3.18. The number of esters is 1. The van der Waals surface area contributed by atoms with Crippen molar-refractivity contribution < 1.29 is 24.2 Å². The molecule has 2 aromatic rings. The van der Waals surface area contributed by atoms with Crippen molar-refractivity contribution in [2.24, 2.45) is 0 Å². The Labute approximate surface area is 152 Å². The number of benzene rings is 2. The second-order valence-corrected chi connectivity index (χ2v) is 6.11. The molecule has 6 heteroatoms. The molecule has 0 aliphatic carbocycles. The van der Waals surface area contributed by atoms with E-state index >= 15 is 0 Å². The van der Waals surface area contributed by atoms with Crippen LogP contribution < -0.4 is 5.32 Å². The van der Waals surface area contributed by atoms with E-state index in [1.54, 1.807) is 26.0 Å². The summed E-state index contributed by atoms with van der Waals surface area (Å²) >= 11 is 0. The Morgan fingerprint density at radius 1 is 1.00 bits per heavy atom. The van der Waals surface area contributed by atoms with E-state index in [1.165, 1.54) is 12.1 Å². The first-order valence-electron chi connectivity index (χ1n) is 8.39. The lowest BCUT2D eigenvalue weighted by Gasteiger charge is -2.19. The predicted molar refractivity (Wildman–Crippen MR) is 96.6 cm³/mol. The number of carbonyl (C=O) groups is 2. The van der Waals surface area contributed by atoms with Gasteiger partial charge in [0.2, 0.25) is 0 Å². The van der Waals surface area contributed by atoms with E-state index in [4.69, 9.17) is 9.47 Å². The van der Waals surface area contributed by atoms with E-state index in [0.717, 1.165) is 11.1 Å². The van der Waals surface area contributed by atoms with Crippen molar-refractivity contribution in [1.29, 1.82) is 0 Å². The first-order valence-corrected chi connectivity index (χ1v) is 8.39. The fourth-order valence-electron chi connectivity index (χ4n) is 2.28. The fraction of sp³-hybridized carbons (Fsp3) is 0.300. The van der Waals surface area contributed by atoms with Crippen LogP contribution in [0, 0.1) is 0 Å². The average Bonchev–Trinajstić information content (AvgIpc) is 2.61. The van der Waals surface area contributed by atoms with Gasteiger partial charge in [-0.25, -0.2) is 9.59 Å². The number of alkyl carbamates (subject to hydrolysis) is 1. The first-order chi connectivity index (χ1) is 12.4. The third-order valence-electron chi connectivity index (χ3n) is 3.52. The molecule has 2 rings (SSSR count). The molecule has 1 amide bonds.